The molecule has 10 nitrogen and oxygen atoms in total. The van der Waals surface area contributed by atoms with Gasteiger partial charge in [-0.25, -0.2) is 4.79 Å². The van der Waals surface area contributed by atoms with Crippen molar-refractivity contribution in [2.75, 3.05) is 6.61 Å². The number of carbonyl (C=O) groups excluding carboxylic acids is 2. The summed E-state index contributed by atoms with van der Waals surface area (Å²) in [5.74, 6) is -5.56. The van der Waals surface area contributed by atoms with Crippen LogP contribution in [-0.2, 0) is 23.9 Å². The average molecular weight is 291 g/mol. The van der Waals surface area contributed by atoms with Crippen LogP contribution in [0.4, 0.5) is 0 Å². The van der Waals surface area contributed by atoms with Crippen LogP contribution in [0, 0.1) is 0 Å². The van der Waals surface area contributed by atoms with Crippen molar-refractivity contribution in [1.29, 1.82) is 0 Å². The van der Waals surface area contributed by atoms with Gasteiger partial charge in [-0.3, -0.25) is 9.59 Å². The minimum atomic E-state index is -1.61. The highest BCUT2D eigenvalue weighted by Crippen LogP contribution is 2.25. The summed E-state index contributed by atoms with van der Waals surface area (Å²) in [6.07, 6.45) is -3.89. The smallest absolute Gasteiger partial charge is 0.378 e. The molecular formula is C10H13NO9. The monoisotopic (exact) mass is 291 g/mol. The molecule has 0 aromatic carbocycles. The number of carbonyl (C=O) groups is 3. The molecule has 0 bridgehead atoms. The van der Waals surface area contributed by atoms with Crippen molar-refractivity contribution in [2.24, 2.45) is 5.73 Å². The van der Waals surface area contributed by atoms with Gasteiger partial charge in [-0.1, -0.05) is 0 Å². The lowest BCUT2D eigenvalue weighted by Crippen LogP contribution is -2.35. The second-order valence-electron chi connectivity index (χ2n) is 3.91. The number of nitrogens with two attached hydrogens (primary N) is 1. The van der Waals surface area contributed by atoms with Crippen LogP contribution in [0.2, 0.25) is 0 Å². The lowest BCUT2D eigenvalue weighted by Gasteiger charge is -2.17. The van der Waals surface area contributed by atoms with Crippen LogP contribution in [-0.4, -0.2) is 63.2 Å². The summed E-state index contributed by atoms with van der Waals surface area (Å²) in [4.78, 5) is 33.0. The van der Waals surface area contributed by atoms with Gasteiger partial charge in [0.25, 0.3) is 0 Å². The van der Waals surface area contributed by atoms with Gasteiger partial charge in [0.15, 0.2) is 6.10 Å². The Morgan fingerprint density at radius 2 is 2.05 bits per heavy atom. The summed E-state index contributed by atoms with van der Waals surface area (Å²) in [5, 5.41) is 36.0. The van der Waals surface area contributed by atoms with Crippen molar-refractivity contribution < 1.29 is 44.3 Å². The van der Waals surface area contributed by atoms with E-state index in [2.05, 4.69) is 9.47 Å². The van der Waals surface area contributed by atoms with Gasteiger partial charge >= 0.3 is 17.9 Å². The summed E-state index contributed by atoms with van der Waals surface area (Å²) >= 11 is 0. The number of aliphatic hydroxyl groups excluding tert-OH is 3. The molecule has 6 N–H and O–H groups in total. The van der Waals surface area contributed by atoms with E-state index in [1.54, 1.807) is 0 Å². The predicted octanol–water partition coefficient (Wildman–Crippen LogP) is -2.62. The van der Waals surface area contributed by atoms with Crippen molar-refractivity contribution in [1.82, 2.24) is 0 Å². The summed E-state index contributed by atoms with van der Waals surface area (Å²) in [6.45, 7) is -0.819. The van der Waals surface area contributed by atoms with Gasteiger partial charge in [0.1, 0.15) is 12.1 Å². The van der Waals surface area contributed by atoms with Crippen LogP contribution in [0.15, 0.2) is 11.5 Å². The van der Waals surface area contributed by atoms with E-state index in [1.165, 1.54) is 0 Å². The molecule has 0 spiro atoms. The van der Waals surface area contributed by atoms with E-state index in [1.807, 2.05) is 0 Å². The summed E-state index contributed by atoms with van der Waals surface area (Å²) in [7, 11) is 0. The van der Waals surface area contributed by atoms with Gasteiger partial charge in [0.2, 0.25) is 11.5 Å². The lowest BCUT2D eigenvalue weighted by atomic mass is 10.2. The zero-order valence-corrected chi connectivity index (χ0v) is 10.1. The third-order valence-electron chi connectivity index (χ3n) is 2.38. The summed E-state index contributed by atoms with van der Waals surface area (Å²) in [6, 6.07) is -1.52. The molecule has 20 heavy (non-hydrogen) atoms. The van der Waals surface area contributed by atoms with E-state index >= 15 is 0 Å². The SMILES string of the molecule is N[C@@H](CC(=O)OC1=C(O)C(=O)O[C@@H]1[C@@H](O)CO)C(=O)O. The molecule has 3 atom stereocenters. The van der Waals surface area contributed by atoms with E-state index < -0.39 is 60.7 Å². The quantitative estimate of drug-likeness (QED) is 0.325. The van der Waals surface area contributed by atoms with Gasteiger partial charge in [-0.15, -0.1) is 0 Å². The molecular weight excluding hydrogens is 278 g/mol. The second-order valence-corrected chi connectivity index (χ2v) is 3.91. The first-order valence-electron chi connectivity index (χ1n) is 5.40. The Bertz CT molecular complexity index is 458. The first kappa shape index (κ1) is 15.9. The van der Waals surface area contributed by atoms with Gasteiger partial charge in [0, 0.05) is 0 Å². The van der Waals surface area contributed by atoms with Crippen molar-refractivity contribution in [3.05, 3.63) is 11.5 Å². The Morgan fingerprint density at radius 3 is 2.55 bits per heavy atom. The Hall–Kier alpha value is -2.17. The van der Waals surface area contributed by atoms with Crippen LogP contribution < -0.4 is 5.73 Å². The summed E-state index contributed by atoms with van der Waals surface area (Å²) in [5.41, 5.74) is 5.11. The van der Waals surface area contributed by atoms with Crippen LogP contribution >= 0.6 is 0 Å². The molecule has 1 aliphatic heterocycles. The largest absolute Gasteiger partial charge is 0.499 e. The molecule has 112 valence electrons. The van der Waals surface area contributed by atoms with Crippen LogP contribution in [0.5, 0.6) is 0 Å². The first-order valence-corrected chi connectivity index (χ1v) is 5.40. The fourth-order valence-electron chi connectivity index (χ4n) is 1.35. The van der Waals surface area contributed by atoms with Gasteiger partial charge < -0.3 is 35.6 Å². The number of esters is 2. The standard InChI is InChI=1S/C10H13NO9/c11-3(9(16)17)1-5(14)19-8-6(15)10(18)20-7(8)4(13)2-12/h3-4,7,12-13,15H,1-2,11H2,(H,16,17)/t3-,4-,7+/m0/s1. The number of ether oxygens (including phenoxy) is 2. The fourth-order valence-corrected chi connectivity index (χ4v) is 1.35. The number of aliphatic carboxylic acids is 1. The highest BCUT2D eigenvalue weighted by molar-refractivity contribution is 5.90. The fraction of sp³-hybridized carbons (Fsp3) is 0.500. The third-order valence-corrected chi connectivity index (χ3v) is 2.38. The number of hydrogen-bond acceptors (Lipinski definition) is 9. The normalized spacial score (nSPS) is 21.4. The molecule has 0 aliphatic carbocycles. The number of rotatable bonds is 6. The van der Waals surface area contributed by atoms with Crippen molar-refractivity contribution in [2.45, 2.75) is 24.7 Å². The number of cyclic esters (lactones) is 1. The highest BCUT2D eigenvalue weighted by atomic mass is 16.6. The maximum atomic E-state index is 11.4. The second kappa shape index (κ2) is 6.32. The molecule has 0 radical (unpaired) electrons. The minimum absolute atomic E-state index is 0.695. The van der Waals surface area contributed by atoms with E-state index in [-0.39, 0.29) is 0 Å². The molecule has 0 unspecified atom stereocenters. The molecule has 0 fully saturated rings. The zero-order valence-electron chi connectivity index (χ0n) is 10.1. The van der Waals surface area contributed by atoms with Crippen molar-refractivity contribution in [3.8, 4) is 0 Å². The Labute approximate surface area is 112 Å². The maximum Gasteiger partial charge on any atom is 0.378 e. The number of carboxylic acid groups (broad SMARTS) is 1. The van der Waals surface area contributed by atoms with E-state index in [0.29, 0.717) is 0 Å². The van der Waals surface area contributed by atoms with E-state index in [4.69, 9.17) is 15.9 Å². The van der Waals surface area contributed by atoms with Gasteiger partial charge in [-0.2, -0.15) is 0 Å². The molecule has 0 amide bonds. The minimum Gasteiger partial charge on any atom is -0.499 e. The van der Waals surface area contributed by atoms with Gasteiger partial charge in [-0.05, 0) is 0 Å². The van der Waals surface area contributed by atoms with Crippen LogP contribution in [0.3, 0.4) is 0 Å². The molecule has 1 heterocycles. The average Bonchev–Trinajstić information content (AvgIpc) is 2.65. The molecule has 0 saturated carbocycles. The van der Waals surface area contributed by atoms with Gasteiger partial charge in [0.05, 0.1) is 13.0 Å². The van der Waals surface area contributed by atoms with E-state index in [9.17, 15) is 24.6 Å². The molecule has 0 saturated heterocycles. The third kappa shape index (κ3) is 3.44. The zero-order chi connectivity index (χ0) is 15.4. The maximum absolute atomic E-state index is 11.4. The Balaban J connectivity index is 2.79. The van der Waals surface area contributed by atoms with E-state index in [0.717, 1.165) is 0 Å². The number of aliphatic hydroxyl groups is 3. The van der Waals surface area contributed by atoms with Crippen LogP contribution in [0.25, 0.3) is 0 Å². The Morgan fingerprint density at radius 1 is 1.45 bits per heavy atom. The molecule has 0 aromatic heterocycles. The summed E-state index contributed by atoms with van der Waals surface area (Å²) < 4.78 is 9.08. The lowest BCUT2D eigenvalue weighted by molar-refractivity contribution is -0.152. The molecule has 1 rings (SSSR count). The van der Waals surface area contributed by atoms with Crippen molar-refractivity contribution >= 4 is 17.9 Å². The van der Waals surface area contributed by atoms with Crippen LogP contribution in [0.1, 0.15) is 6.42 Å². The Kier molecular flexibility index (Phi) is 5.02. The number of carboxylic acids is 1. The first-order chi connectivity index (χ1) is 9.27. The van der Waals surface area contributed by atoms with Crippen molar-refractivity contribution in [3.63, 3.8) is 0 Å². The molecule has 0 aromatic rings. The number of hydrogen-bond donors (Lipinski definition) is 5. The topological polar surface area (TPSA) is 177 Å². The molecule has 10 heteroatoms. The predicted molar refractivity (Wildman–Crippen MR) is 58.9 cm³/mol. The highest BCUT2D eigenvalue weighted by Gasteiger charge is 2.41. The molecule has 1 aliphatic rings.